The van der Waals surface area contributed by atoms with Crippen LogP contribution >= 0.6 is 0 Å². The maximum atomic E-state index is 13.1. The number of nitrogens with two attached hydrogens (primary N) is 1. The van der Waals surface area contributed by atoms with E-state index in [1.165, 1.54) is 19.3 Å². The lowest BCUT2D eigenvalue weighted by atomic mass is 9.47. The molecule has 1 saturated heterocycles. The van der Waals surface area contributed by atoms with Gasteiger partial charge < -0.3 is 5.73 Å². The van der Waals surface area contributed by atoms with Gasteiger partial charge in [0.2, 0.25) is 5.91 Å². The molecule has 5 aliphatic carbocycles. The molecule has 1 aliphatic heterocycles. The van der Waals surface area contributed by atoms with Crippen LogP contribution in [0.4, 0.5) is 0 Å². The van der Waals surface area contributed by atoms with Crippen LogP contribution in [0.25, 0.3) is 4.85 Å². The van der Waals surface area contributed by atoms with Crippen molar-refractivity contribution in [1.29, 1.82) is 0 Å². The summed E-state index contributed by atoms with van der Waals surface area (Å²) in [4.78, 5) is 18.7. The summed E-state index contributed by atoms with van der Waals surface area (Å²) in [5.74, 6) is 3.14. The van der Waals surface area contributed by atoms with Crippen molar-refractivity contribution in [2.45, 2.75) is 69.6 Å². The van der Waals surface area contributed by atoms with Crippen LogP contribution in [0.15, 0.2) is 0 Å². The Balaban J connectivity index is 1.41. The van der Waals surface area contributed by atoms with Crippen molar-refractivity contribution in [1.82, 2.24) is 4.90 Å². The van der Waals surface area contributed by atoms with E-state index in [1.807, 2.05) is 4.90 Å². The summed E-state index contributed by atoms with van der Waals surface area (Å²) in [6.45, 7) is 7.39. The highest BCUT2D eigenvalue weighted by molar-refractivity contribution is 5.84. The van der Waals surface area contributed by atoms with Gasteiger partial charge in [0.1, 0.15) is 0 Å². The summed E-state index contributed by atoms with van der Waals surface area (Å²) >= 11 is 0. The zero-order valence-electron chi connectivity index (χ0n) is 13.1. The lowest BCUT2D eigenvalue weighted by molar-refractivity contribution is -0.144. The second-order valence-corrected chi connectivity index (χ2v) is 8.91. The van der Waals surface area contributed by atoms with E-state index in [-0.39, 0.29) is 23.5 Å². The van der Waals surface area contributed by atoms with Crippen molar-refractivity contribution in [2.24, 2.45) is 34.8 Å². The molecule has 6 rings (SSSR count). The molecule has 22 heavy (non-hydrogen) atoms. The van der Waals surface area contributed by atoms with Gasteiger partial charge >= 0.3 is 6.17 Å². The van der Waals surface area contributed by atoms with Crippen molar-refractivity contribution in [3.8, 4) is 0 Å². The smallest absolute Gasteiger partial charge is 0.301 e. The minimum Gasteiger partial charge on any atom is -0.319 e. The van der Waals surface area contributed by atoms with Gasteiger partial charge in [-0.25, -0.2) is 6.57 Å². The number of carbonyl (C=O) groups is 1. The van der Waals surface area contributed by atoms with Gasteiger partial charge in [-0.05, 0) is 74.0 Å². The van der Waals surface area contributed by atoms with Gasteiger partial charge in [-0.1, -0.05) is 0 Å². The number of carbonyl (C=O) groups excluding carboxylic acids is 1. The van der Waals surface area contributed by atoms with Crippen LogP contribution in [-0.2, 0) is 4.79 Å². The summed E-state index contributed by atoms with van der Waals surface area (Å²) in [6, 6.07) is -0.0175. The molecule has 4 bridgehead atoms. The van der Waals surface area contributed by atoms with Gasteiger partial charge in [0.15, 0.2) is 0 Å². The lowest BCUT2D eigenvalue weighted by Crippen LogP contribution is -2.60. The first kappa shape index (κ1) is 13.4. The zero-order chi connectivity index (χ0) is 15.1. The molecule has 118 valence electrons. The summed E-state index contributed by atoms with van der Waals surface area (Å²) in [5.41, 5.74) is 6.66. The Morgan fingerprint density at radius 1 is 1.09 bits per heavy atom. The molecule has 4 heteroatoms. The predicted molar refractivity (Wildman–Crippen MR) is 82.3 cm³/mol. The van der Waals surface area contributed by atoms with Crippen LogP contribution in [0.5, 0.6) is 0 Å². The Kier molecular flexibility index (Phi) is 2.59. The molecule has 6 aliphatic rings. The highest BCUT2D eigenvalue weighted by Crippen LogP contribution is 2.61. The van der Waals surface area contributed by atoms with Crippen LogP contribution in [0.2, 0.25) is 0 Å². The second-order valence-electron chi connectivity index (χ2n) is 8.91. The fourth-order valence-corrected chi connectivity index (χ4v) is 6.84. The Bertz CT molecular complexity index is 530. The monoisotopic (exact) mass is 299 g/mol. The topological polar surface area (TPSA) is 50.7 Å². The summed E-state index contributed by atoms with van der Waals surface area (Å²) in [7, 11) is 0. The molecule has 0 spiro atoms. The van der Waals surface area contributed by atoms with E-state index in [0.29, 0.717) is 12.0 Å². The summed E-state index contributed by atoms with van der Waals surface area (Å²) in [5, 5.41) is 0. The number of nitrogens with zero attached hydrogens (tertiary/aromatic N) is 2. The van der Waals surface area contributed by atoms with Crippen LogP contribution in [0, 0.1) is 35.7 Å². The Morgan fingerprint density at radius 3 is 2.23 bits per heavy atom. The minimum absolute atomic E-state index is 0.0609. The van der Waals surface area contributed by atoms with Gasteiger partial charge in [0.25, 0.3) is 0 Å². The number of rotatable bonds is 2. The molecule has 0 radical (unpaired) electrons. The second kappa shape index (κ2) is 4.26. The fraction of sp³-hybridized carbons (Fsp3) is 0.889. The van der Waals surface area contributed by atoms with Crippen molar-refractivity contribution in [2.75, 3.05) is 0 Å². The van der Waals surface area contributed by atoms with Crippen molar-refractivity contribution in [3.05, 3.63) is 11.4 Å². The molecule has 1 heterocycles. The van der Waals surface area contributed by atoms with Crippen LogP contribution in [0.1, 0.15) is 51.4 Å². The first-order valence-electron chi connectivity index (χ1n) is 9.04. The number of amides is 1. The van der Waals surface area contributed by atoms with Crippen LogP contribution < -0.4 is 5.73 Å². The molecule has 1 amide bonds. The van der Waals surface area contributed by atoms with Gasteiger partial charge in [0.05, 0.1) is 6.04 Å². The number of likely N-dealkylation sites (tertiary alicyclic amines) is 1. The van der Waals surface area contributed by atoms with Crippen LogP contribution in [-0.4, -0.2) is 29.1 Å². The maximum absolute atomic E-state index is 13.1. The van der Waals surface area contributed by atoms with E-state index in [9.17, 15) is 4.79 Å². The van der Waals surface area contributed by atoms with Crippen molar-refractivity contribution < 1.29 is 4.79 Å². The maximum Gasteiger partial charge on any atom is 0.301 e. The molecule has 5 saturated carbocycles. The molecule has 0 aromatic carbocycles. The Morgan fingerprint density at radius 2 is 1.68 bits per heavy atom. The van der Waals surface area contributed by atoms with E-state index in [0.717, 1.165) is 49.9 Å². The number of hydrogen-bond donors (Lipinski definition) is 1. The number of fused-ring (bicyclic) bond motifs is 1. The first-order chi connectivity index (χ1) is 10.6. The SMILES string of the molecule is [C-]#[N+]C1CC2CC2N1C(=O)C(N)C12CC3CC(CC(C3)C1)C2. The third-order valence-electron chi connectivity index (χ3n) is 7.49. The third kappa shape index (κ3) is 1.69. The average molecular weight is 299 g/mol. The highest BCUT2D eigenvalue weighted by atomic mass is 16.2. The minimum atomic E-state index is -0.357. The standard InChI is InChI=1S/C18H25N3O/c1-20-15-6-13-5-14(13)21(15)17(22)16(19)18-7-10-2-11(8-18)4-12(3-10)9-18/h10-16H,2-9,19H2. The average Bonchev–Trinajstić information content (AvgIpc) is 3.15. The van der Waals surface area contributed by atoms with E-state index in [4.69, 9.17) is 12.3 Å². The van der Waals surface area contributed by atoms with Crippen molar-refractivity contribution in [3.63, 3.8) is 0 Å². The van der Waals surface area contributed by atoms with Gasteiger partial charge in [-0.15, -0.1) is 0 Å². The first-order valence-corrected chi connectivity index (χ1v) is 9.04. The molecule has 4 atom stereocenters. The van der Waals surface area contributed by atoms with Gasteiger partial charge in [-0.2, -0.15) is 0 Å². The summed E-state index contributed by atoms with van der Waals surface area (Å²) < 4.78 is 0. The molecular formula is C18H25N3O. The van der Waals surface area contributed by atoms with Crippen LogP contribution in [0.3, 0.4) is 0 Å². The Hall–Kier alpha value is -1.08. The van der Waals surface area contributed by atoms with E-state index in [1.54, 1.807) is 0 Å². The quantitative estimate of drug-likeness (QED) is 0.796. The molecule has 0 aromatic heterocycles. The zero-order valence-corrected chi connectivity index (χ0v) is 13.1. The number of hydrogen-bond acceptors (Lipinski definition) is 2. The molecule has 6 fully saturated rings. The van der Waals surface area contributed by atoms with E-state index in [2.05, 4.69) is 4.85 Å². The largest absolute Gasteiger partial charge is 0.319 e. The van der Waals surface area contributed by atoms with Crippen molar-refractivity contribution >= 4 is 5.91 Å². The van der Waals surface area contributed by atoms with Gasteiger partial charge in [0, 0.05) is 12.5 Å². The molecular weight excluding hydrogens is 274 g/mol. The normalized spacial score (nSPS) is 52.3. The third-order valence-corrected chi connectivity index (χ3v) is 7.49. The fourth-order valence-electron chi connectivity index (χ4n) is 6.84. The molecule has 0 aromatic rings. The number of piperidine rings is 1. The Labute approximate surface area is 132 Å². The summed E-state index contributed by atoms with van der Waals surface area (Å²) in [6.07, 6.45) is 9.37. The van der Waals surface area contributed by atoms with E-state index < -0.39 is 0 Å². The lowest BCUT2D eigenvalue weighted by Gasteiger charge is -2.58. The predicted octanol–water partition coefficient (Wildman–Crippen LogP) is 2.40. The molecule has 2 N–H and O–H groups in total. The van der Waals surface area contributed by atoms with E-state index >= 15 is 0 Å². The van der Waals surface area contributed by atoms with Gasteiger partial charge in [-0.3, -0.25) is 14.5 Å². The molecule has 4 unspecified atom stereocenters. The highest BCUT2D eigenvalue weighted by Gasteiger charge is 2.61. The molecule has 4 nitrogen and oxygen atoms in total.